The van der Waals surface area contributed by atoms with Crippen LogP contribution in [-0.2, 0) is 11.0 Å². The van der Waals surface area contributed by atoms with Crippen LogP contribution in [0.5, 0.6) is 0 Å². The van der Waals surface area contributed by atoms with E-state index in [1.165, 1.54) is 12.8 Å². The largest absolute Gasteiger partial charge is 0.242 e. The van der Waals surface area contributed by atoms with Crippen molar-refractivity contribution in [3.63, 3.8) is 0 Å². The van der Waals surface area contributed by atoms with Crippen LogP contribution in [0.1, 0.15) is 40.5 Å². The fourth-order valence-electron chi connectivity index (χ4n) is 1.51. The minimum Gasteiger partial charge on any atom is -0.242 e. The van der Waals surface area contributed by atoms with E-state index < -0.39 is 11.0 Å². The Bertz CT molecular complexity index is 185. The van der Waals surface area contributed by atoms with Crippen LogP contribution in [-0.4, -0.2) is 25.8 Å². The Morgan fingerprint density at radius 3 is 2.33 bits per heavy atom. The molecule has 1 aliphatic heterocycles. The molecule has 0 spiro atoms. The van der Waals surface area contributed by atoms with Crippen LogP contribution >= 0.6 is 0 Å². The minimum atomic E-state index is -0.809. The van der Waals surface area contributed by atoms with E-state index in [4.69, 9.17) is 0 Å². The molecule has 1 fully saturated rings. The lowest BCUT2D eigenvalue weighted by Crippen LogP contribution is -2.39. The molecule has 1 saturated heterocycles. The van der Waals surface area contributed by atoms with Crippen LogP contribution in [0, 0.1) is 0 Å². The van der Waals surface area contributed by atoms with Gasteiger partial charge in [-0.15, -0.1) is 0 Å². The fraction of sp³-hybridized carbons (Fsp3) is 1.00. The Labute approximate surface area is 77.9 Å². The summed E-state index contributed by atoms with van der Waals surface area (Å²) in [4.78, 5) is 0. The quantitative estimate of drug-likeness (QED) is 0.617. The number of hydrogen-bond donors (Lipinski definition) is 0. The van der Waals surface area contributed by atoms with Gasteiger partial charge in [-0.2, -0.15) is 0 Å². The van der Waals surface area contributed by atoms with Crippen molar-refractivity contribution in [2.24, 2.45) is 0 Å². The summed E-state index contributed by atoms with van der Waals surface area (Å²) in [5.41, 5.74) is 0. The lowest BCUT2D eigenvalue weighted by atomic mass is 10.3. The van der Waals surface area contributed by atoms with E-state index in [-0.39, 0.29) is 4.75 Å². The van der Waals surface area contributed by atoms with Crippen molar-refractivity contribution in [3.05, 3.63) is 0 Å². The minimum absolute atomic E-state index is 0.0986. The zero-order chi connectivity index (χ0) is 9.35. The summed E-state index contributed by atoms with van der Waals surface area (Å²) in [6.45, 7) is 9.28. The van der Waals surface area contributed by atoms with E-state index in [9.17, 15) is 4.21 Å². The first-order valence-corrected chi connectivity index (χ1v) is 5.72. The van der Waals surface area contributed by atoms with E-state index in [2.05, 4.69) is 11.2 Å². The molecule has 3 heteroatoms. The first-order chi connectivity index (χ1) is 5.43. The highest BCUT2D eigenvalue weighted by atomic mass is 32.2. The molecule has 0 aliphatic carbocycles. The van der Waals surface area contributed by atoms with Crippen LogP contribution < -0.4 is 0 Å². The second-order valence-electron chi connectivity index (χ2n) is 4.49. The maximum atomic E-state index is 11.9. The Hall–Kier alpha value is 0.110. The normalized spacial score (nSPS) is 29.2. The summed E-state index contributed by atoms with van der Waals surface area (Å²) in [6, 6.07) is 0.505. The van der Waals surface area contributed by atoms with Gasteiger partial charge in [0.05, 0.1) is 15.7 Å². The first-order valence-electron chi connectivity index (χ1n) is 4.61. The van der Waals surface area contributed by atoms with Gasteiger partial charge in [0.25, 0.3) is 0 Å². The van der Waals surface area contributed by atoms with Gasteiger partial charge < -0.3 is 0 Å². The Morgan fingerprint density at radius 1 is 1.42 bits per heavy atom. The molecular formula is C9H19NOS. The average Bonchev–Trinajstić information content (AvgIpc) is 2.31. The molecule has 0 aromatic heterocycles. The van der Waals surface area contributed by atoms with Gasteiger partial charge >= 0.3 is 0 Å². The second-order valence-corrected chi connectivity index (χ2v) is 6.69. The topological polar surface area (TPSA) is 20.3 Å². The molecular weight excluding hydrogens is 170 g/mol. The Morgan fingerprint density at radius 2 is 2.00 bits per heavy atom. The SMILES string of the molecule is C[C@@H]1CCCN1[S@@](=O)C(C)(C)C. The molecule has 0 saturated carbocycles. The van der Waals surface area contributed by atoms with Gasteiger partial charge in [0.2, 0.25) is 0 Å². The van der Waals surface area contributed by atoms with Crippen LogP contribution in [0.4, 0.5) is 0 Å². The maximum absolute atomic E-state index is 11.9. The van der Waals surface area contributed by atoms with Gasteiger partial charge in [-0.1, -0.05) is 0 Å². The highest BCUT2D eigenvalue weighted by Gasteiger charge is 2.32. The van der Waals surface area contributed by atoms with Gasteiger partial charge in [-0.05, 0) is 40.5 Å². The fourth-order valence-corrected chi connectivity index (χ4v) is 2.94. The lowest BCUT2D eigenvalue weighted by molar-refractivity contribution is 0.428. The zero-order valence-corrected chi connectivity index (χ0v) is 9.28. The Balaban J connectivity index is 2.64. The van der Waals surface area contributed by atoms with Crippen molar-refractivity contribution in [2.75, 3.05) is 6.54 Å². The van der Waals surface area contributed by atoms with E-state index in [1.807, 2.05) is 20.8 Å². The van der Waals surface area contributed by atoms with Crippen LogP contribution in [0.3, 0.4) is 0 Å². The first kappa shape index (κ1) is 10.2. The van der Waals surface area contributed by atoms with E-state index in [0.717, 1.165) is 6.54 Å². The molecule has 1 heterocycles. The average molecular weight is 189 g/mol. The van der Waals surface area contributed by atoms with Crippen molar-refractivity contribution in [1.29, 1.82) is 0 Å². The molecule has 1 aliphatic rings. The number of nitrogens with zero attached hydrogens (tertiary/aromatic N) is 1. The van der Waals surface area contributed by atoms with Crippen molar-refractivity contribution >= 4 is 11.0 Å². The van der Waals surface area contributed by atoms with Gasteiger partial charge in [0, 0.05) is 12.6 Å². The number of hydrogen-bond acceptors (Lipinski definition) is 1. The van der Waals surface area contributed by atoms with Crippen molar-refractivity contribution in [1.82, 2.24) is 4.31 Å². The molecule has 0 N–H and O–H groups in total. The predicted molar refractivity (Wildman–Crippen MR) is 53.3 cm³/mol. The zero-order valence-electron chi connectivity index (χ0n) is 8.46. The Kier molecular flexibility index (Phi) is 2.94. The van der Waals surface area contributed by atoms with Crippen LogP contribution in [0.15, 0.2) is 0 Å². The third-order valence-electron chi connectivity index (χ3n) is 2.23. The van der Waals surface area contributed by atoms with E-state index in [0.29, 0.717) is 6.04 Å². The van der Waals surface area contributed by atoms with E-state index >= 15 is 0 Å². The molecule has 72 valence electrons. The standard InChI is InChI=1S/C9H19NOS/c1-8-6-5-7-10(8)12(11)9(2,3)4/h8H,5-7H2,1-4H3/t8-,12+/m1/s1. The third kappa shape index (κ3) is 2.07. The second kappa shape index (κ2) is 3.46. The van der Waals surface area contributed by atoms with Crippen molar-refractivity contribution in [3.8, 4) is 0 Å². The molecule has 0 amide bonds. The number of rotatable bonds is 1. The summed E-state index contributed by atoms with van der Waals surface area (Å²) < 4.78 is 13.9. The molecule has 0 bridgehead atoms. The van der Waals surface area contributed by atoms with Crippen molar-refractivity contribution < 1.29 is 4.21 Å². The smallest absolute Gasteiger partial charge is 0.0999 e. The maximum Gasteiger partial charge on any atom is 0.0999 e. The molecule has 1 rings (SSSR count). The highest BCUT2D eigenvalue weighted by Crippen LogP contribution is 2.24. The van der Waals surface area contributed by atoms with Gasteiger partial charge in [0.15, 0.2) is 0 Å². The van der Waals surface area contributed by atoms with Gasteiger partial charge in [-0.3, -0.25) is 0 Å². The molecule has 12 heavy (non-hydrogen) atoms. The summed E-state index contributed by atoms with van der Waals surface area (Å²) >= 11 is 0. The predicted octanol–water partition coefficient (Wildman–Crippen LogP) is 1.93. The molecule has 2 atom stereocenters. The molecule has 0 unspecified atom stereocenters. The summed E-state index contributed by atoms with van der Waals surface area (Å²) in [5, 5.41) is 0. The van der Waals surface area contributed by atoms with Crippen molar-refractivity contribution in [2.45, 2.75) is 51.3 Å². The summed E-state index contributed by atoms with van der Waals surface area (Å²) in [6.07, 6.45) is 2.39. The monoisotopic (exact) mass is 189 g/mol. The van der Waals surface area contributed by atoms with Gasteiger partial charge in [-0.25, -0.2) is 8.51 Å². The molecule has 0 aromatic carbocycles. The summed E-state index contributed by atoms with van der Waals surface area (Å²) in [5.74, 6) is 0. The van der Waals surface area contributed by atoms with Crippen LogP contribution in [0.25, 0.3) is 0 Å². The van der Waals surface area contributed by atoms with E-state index in [1.54, 1.807) is 0 Å². The lowest BCUT2D eigenvalue weighted by Gasteiger charge is -2.28. The molecule has 0 aromatic rings. The van der Waals surface area contributed by atoms with Gasteiger partial charge in [0.1, 0.15) is 0 Å². The molecule has 0 radical (unpaired) electrons. The third-order valence-corrected chi connectivity index (χ3v) is 4.25. The highest BCUT2D eigenvalue weighted by molar-refractivity contribution is 7.84. The van der Waals surface area contributed by atoms with Crippen LogP contribution in [0.2, 0.25) is 0 Å². The molecule has 2 nitrogen and oxygen atoms in total. The summed E-state index contributed by atoms with van der Waals surface area (Å²) in [7, 11) is -0.809.